The van der Waals surface area contributed by atoms with E-state index in [0.29, 0.717) is 0 Å². The Hall–Kier alpha value is -0.340. The zero-order chi connectivity index (χ0) is 11.9. The number of alkyl halides is 1. The molecule has 1 aliphatic rings. The van der Waals surface area contributed by atoms with Gasteiger partial charge in [0.05, 0.1) is 0 Å². The minimum atomic E-state index is 0.878. The van der Waals surface area contributed by atoms with Gasteiger partial charge in [-0.3, -0.25) is 4.90 Å². The van der Waals surface area contributed by atoms with Gasteiger partial charge in [0.25, 0.3) is 0 Å². The predicted octanol–water partition coefficient (Wildman–Crippen LogP) is 3.87. The Morgan fingerprint density at radius 1 is 1.12 bits per heavy atom. The first-order chi connectivity index (χ1) is 8.40. The van der Waals surface area contributed by atoms with Gasteiger partial charge >= 0.3 is 0 Å². The molecule has 0 atom stereocenters. The molecule has 1 saturated carbocycles. The zero-order valence-corrected chi connectivity index (χ0v) is 12.0. The van der Waals surface area contributed by atoms with E-state index in [-0.39, 0.29) is 0 Å². The second kappa shape index (κ2) is 7.17. The number of halogens is 1. The van der Waals surface area contributed by atoms with Gasteiger partial charge in [-0.05, 0) is 37.8 Å². The summed E-state index contributed by atoms with van der Waals surface area (Å²) < 4.78 is 0. The lowest BCUT2D eigenvalue weighted by Crippen LogP contribution is -2.41. The van der Waals surface area contributed by atoms with Crippen molar-refractivity contribution in [3.63, 3.8) is 0 Å². The Bertz CT molecular complexity index is 308. The zero-order valence-electron chi connectivity index (χ0n) is 10.4. The third kappa shape index (κ3) is 4.11. The van der Waals surface area contributed by atoms with Crippen molar-refractivity contribution >= 4 is 15.9 Å². The van der Waals surface area contributed by atoms with Gasteiger partial charge in [0.15, 0.2) is 0 Å². The Morgan fingerprint density at radius 2 is 1.88 bits per heavy atom. The fourth-order valence-corrected chi connectivity index (χ4v) is 2.92. The maximum absolute atomic E-state index is 3.57. The van der Waals surface area contributed by atoms with Crippen LogP contribution in [0.25, 0.3) is 0 Å². The first-order valence-corrected chi connectivity index (χ1v) is 7.86. The lowest BCUT2D eigenvalue weighted by Gasteiger charge is -2.37. The van der Waals surface area contributed by atoms with Gasteiger partial charge in [0.1, 0.15) is 0 Å². The highest BCUT2D eigenvalue weighted by atomic mass is 79.9. The molecule has 0 amide bonds. The van der Waals surface area contributed by atoms with E-state index < -0.39 is 0 Å². The molecule has 0 saturated heterocycles. The van der Waals surface area contributed by atoms with Crippen molar-refractivity contribution in [1.29, 1.82) is 0 Å². The van der Waals surface area contributed by atoms with Crippen LogP contribution in [-0.4, -0.2) is 29.4 Å². The van der Waals surface area contributed by atoms with Gasteiger partial charge < -0.3 is 0 Å². The van der Waals surface area contributed by atoms with Crippen molar-refractivity contribution in [2.45, 2.75) is 38.1 Å². The van der Waals surface area contributed by atoms with E-state index in [1.807, 2.05) is 0 Å². The van der Waals surface area contributed by atoms with Gasteiger partial charge in [-0.2, -0.15) is 0 Å². The van der Waals surface area contributed by atoms with Gasteiger partial charge in [0, 0.05) is 17.9 Å². The van der Waals surface area contributed by atoms with E-state index in [1.54, 1.807) is 0 Å². The van der Waals surface area contributed by atoms with E-state index in [2.05, 4.69) is 51.2 Å². The van der Waals surface area contributed by atoms with Gasteiger partial charge in [-0.25, -0.2) is 0 Å². The maximum Gasteiger partial charge on any atom is 0.0159 e. The molecule has 2 heteroatoms. The largest absolute Gasteiger partial charge is 0.300 e. The summed E-state index contributed by atoms with van der Waals surface area (Å²) >= 11 is 3.57. The highest BCUT2D eigenvalue weighted by Crippen LogP contribution is 2.25. The van der Waals surface area contributed by atoms with Gasteiger partial charge in [-0.15, -0.1) is 0 Å². The monoisotopic (exact) mass is 295 g/mol. The lowest BCUT2D eigenvalue weighted by atomic mass is 9.91. The predicted molar refractivity (Wildman–Crippen MR) is 77.8 cm³/mol. The molecule has 1 aromatic carbocycles. The Balaban J connectivity index is 1.71. The fourth-order valence-electron chi connectivity index (χ4n) is 2.47. The van der Waals surface area contributed by atoms with Crippen LogP contribution in [0.2, 0.25) is 0 Å². The number of benzene rings is 1. The van der Waals surface area contributed by atoms with Crippen molar-refractivity contribution < 1.29 is 0 Å². The maximum atomic E-state index is 3.57. The average molecular weight is 296 g/mol. The van der Waals surface area contributed by atoms with Crippen LogP contribution in [0.1, 0.15) is 31.2 Å². The molecular formula is C15H22BrN. The molecule has 0 spiro atoms. The van der Waals surface area contributed by atoms with Crippen LogP contribution in [0.15, 0.2) is 30.3 Å². The average Bonchev–Trinajstić information content (AvgIpc) is 2.28. The van der Waals surface area contributed by atoms with E-state index >= 15 is 0 Å². The number of aryl methyl sites for hydroxylation is 1. The SMILES string of the molecule is BrCCN(CCCc1ccccc1)C1CCC1. The first-order valence-electron chi connectivity index (χ1n) is 6.74. The summed E-state index contributed by atoms with van der Waals surface area (Å²) in [5, 5.41) is 1.11. The van der Waals surface area contributed by atoms with E-state index in [0.717, 1.165) is 11.4 Å². The lowest BCUT2D eigenvalue weighted by molar-refractivity contribution is 0.134. The molecule has 0 bridgehead atoms. The molecule has 0 aliphatic heterocycles. The fraction of sp³-hybridized carbons (Fsp3) is 0.600. The van der Waals surface area contributed by atoms with Crippen LogP contribution in [0.5, 0.6) is 0 Å². The summed E-state index contributed by atoms with van der Waals surface area (Å²) in [6, 6.07) is 11.7. The first kappa shape index (κ1) is 13.1. The molecule has 1 nitrogen and oxygen atoms in total. The number of nitrogens with zero attached hydrogens (tertiary/aromatic N) is 1. The van der Waals surface area contributed by atoms with Crippen LogP contribution in [0, 0.1) is 0 Å². The topological polar surface area (TPSA) is 3.24 Å². The van der Waals surface area contributed by atoms with E-state index in [9.17, 15) is 0 Å². The van der Waals surface area contributed by atoms with Gasteiger partial charge in [0.2, 0.25) is 0 Å². The summed E-state index contributed by atoms with van der Waals surface area (Å²) in [5.41, 5.74) is 1.47. The molecule has 1 aliphatic carbocycles. The van der Waals surface area contributed by atoms with Crippen molar-refractivity contribution in [2.24, 2.45) is 0 Å². The van der Waals surface area contributed by atoms with Crippen molar-refractivity contribution in [3.05, 3.63) is 35.9 Å². The summed E-state index contributed by atoms with van der Waals surface area (Å²) in [4.78, 5) is 2.67. The standard InChI is InChI=1S/C15H22BrN/c16-11-13-17(15-9-4-10-15)12-5-8-14-6-2-1-3-7-14/h1-3,6-7,15H,4-5,8-13H2. The summed E-state index contributed by atoms with van der Waals surface area (Å²) in [6.45, 7) is 2.46. The van der Waals surface area contributed by atoms with E-state index in [1.165, 1.54) is 50.8 Å². The quantitative estimate of drug-likeness (QED) is 0.690. The summed E-state index contributed by atoms with van der Waals surface area (Å²) in [6.07, 6.45) is 6.76. The second-order valence-electron chi connectivity index (χ2n) is 4.90. The molecule has 2 rings (SSSR count). The number of hydrogen-bond donors (Lipinski definition) is 0. The molecule has 94 valence electrons. The summed E-state index contributed by atoms with van der Waals surface area (Å²) in [5.74, 6) is 0. The van der Waals surface area contributed by atoms with Crippen LogP contribution >= 0.6 is 15.9 Å². The van der Waals surface area contributed by atoms with Crippen molar-refractivity contribution in [3.8, 4) is 0 Å². The van der Waals surface area contributed by atoms with Crippen LogP contribution < -0.4 is 0 Å². The molecule has 0 aromatic heterocycles. The minimum absolute atomic E-state index is 0.878. The molecule has 0 unspecified atom stereocenters. The van der Waals surface area contributed by atoms with E-state index in [4.69, 9.17) is 0 Å². The molecular weight excluding hydrogens is 274 g/mol. The molecule has 1 aromatic rings. The molecule has 0 radical (unpaired) electrons. The number of hydrogen-bond acceptors (Lipinski definition) is 1. The normalized spacial score (nSPS) is 16.1. The minimum Gasteiger partial charge on any atom is -0.300 e. The molecule has 0 N–H and O–H groups in total. The third-order valence-electron chi connectivity index (χ3n) is 3.72. The molecule has 17 heavy (non-hydrogen) atoms. The highest BCUT2D eigenvalue weighted by molar-refractivity contribution is 9.09. The third-order valence-corrected chi connectivity index (χ3v) is 4.07. The highest BCUT2D eigenvalue weighted by Gasteiger charge is 2.23. The molecule has 1 fully saturated rings. The van der Waals surface area contributed by atoms with Crippen LogP contribution in [0.3, 0.4) is 0 Å². The smallest absolute Gasteiger partial charge is 0.0159 e. The summed E-state index contributed by atoms with van der Waals surface area (Å²) in [7, 11) is 0. The Morgan fingerprint density at radius 3 is 2.47 bits per heavy atom. The Labute approximate surface area is 113 Å². The van der Waals surface area contributed by atoms with Crippen molar-refractivity contribution in [2.75, 3.05) is 18.4 Å². The molecule has 0 heterocycles. The second-order valence-corrected chi connectivity index (χ2v) is 5.69. The van der Waals surface area contributed by atoms with Crippen LogP contribution in [-0.2, 0) is 6.42 Å². The van der Waals surface area contributed by atoms with Gasteiger partial charge in [-0.1, -0.05) is 52.7 Å². The van der Waals surface area contributed by atoms with Crippen molar-refractivity contribution in [1.82, 2.24) is 4.90 Å². The number of rotatable bonds is 7. The Kier molecular flexibility index (Phi) is 5.53. The van der Waals surface area contributed by atoms with Crippen LogP contribution in [0.4, 0.5) is 0 Å².